The molecule has 3 rings (SSSR count). The molecule has 120 valence electrons. The number of rotatable bonds is 6. The lowest BCUT2D eigenvalue weighted by Gasteiger charge is -2.06. The summed E-state index contributed by atoms with van der Waals surface area (Å²) in [6.07, 6.45) is 3.27. The average molecular weight is 319 g/mol. The zero-order valence-electron chi connectivity index (χ0n) is 13.0. The molecule has 1 amide bonds. The minimum absolute atomic E-state index is 0.285. The number of aromatic nitrogens is 1. The van der Waals surface area contributed by atoms with Gasteiger partial charge in [0, 0.05) is 6.20 Å². The highest BCUT2D eigenvalue weighted by molar-refractivity contribution is 5.93. The number of aromatic amines is 1. The molecule has 24 heavy (non-hydrogen) atoms. The lowest BCUT2D eigenvalue weighted by molar-refractivity contribution is 0.0951. The summed E-state index contributed by atoms with van der Waals surface area (Å²) in [4.78, 5) is 14.6. The van der Waals surface area contributed by atoms with Crippen LogP contribution in [0.5, 0.6) is 5.75 Å². The van der Waals surface area contributed by atoms with Gasteiger partial charge in [0.05, 0.1) is 6.21 Å². The predicted octanol–water partition coefficient (Wildman–Crippen LogP) is 3.36. The Hall–Kier alpha value is -3.34. The Bertz CT molecular complexity index is 812. The van der Waals surface area contributed by atoms with Crippen LogP contribution in [0, 0.1) is 0 Å². The van der Waals surface area contributed by atoms with Gasteiger partial charge in [-0.05, 0) is 35.4 Å². The molecule has 1 aromatic heterocycles. The topological polar surface area (TPSA) is 66.5 Å². The van der Waals surface area contributed by atoms with Gasteiger partial charge in [-0.3, -0.25) is 4.79 Å². The van der Waals surface area contributed by atoms with Crippen molar-refractivity contribution in [3.05, 3.63) is 89.7 Å². The second-order valence-corrected chi connectivity index (χ2v) is 5.13. The van der Waals surface area contributed by atoms with E-state index >= 15 is 0 Å². The molecule has 0 fully saturated rings. The van der Waals surface area contributed by atoms with Crippen molar-refractivity contribution in [3.8, 4) is 5.75 Å². The fourth-order valence-corrected chi connectivity index (χ4v) is 2.12. The maximum atomic E-state index is 11.7. The summed E-state index contributed by atoms with van der Waals surface area (Å²) in [5.41, 5.74) is 4.88. The van der Waals surface area contributed by atoms with Crippen molar-refractivity contribution < 1.29 is 9.53 Å². The van der Waals surface area contributed by atoms with E-state index in [1.54, 1.807) is 24.5 Å². The van der Waals surface area contributed by atoms with E-state index in [2.05, 4.69) is 15.5 Å². The number of benzene rings is 2. The Morgan fingerprint density at radius 2 is 1.96 bits per heavy atom. The minimum atomic E-state index is -0.285. The second kappa shape index (κ2) is 7.78. The Labute approximate surface area is 140 Å². The summed E-state index contributed by atoms with van der Waals surface area (Å²) >= 11 is 0. The van der Waals surface area contributed by atoms with Crippen LogP contribution < -0.4 is 10.2 Å². The first-order valence-corrected chi connectivity index (χ1v) is 7.55. The Morgan fingerprint density at radius 1 is 1.08 bits per heavy atom. The monoisotopic (exact) mass is 319 g/mol. The van der Waals surface area contributed by atoms with Crippen molar-refractivity contribution >= 4 is 12.1 Å². The molecule has 1 heterocycles. The molecule has 5 nitrogen and oxygen atoms in total. The molecule has 0 aliphatic carbocycles. The van der Waals surface area contributed by atoms with Crippen molar-refractivity contribution in [3.63, 3.8) is 0 Å². The van der Waals surface area contributed by atoms with Crippen molar-refractivity contribution in [2.75, 3.05) is 0 Å². The van der Waals surface area contributed by atoms with E-state index in [0.717, 1.165) is 16.9 Å². The van der Waals surface area contributed by atoms with Crippen molar-refractivity contribution in [2.45, 2.75) is 6.61 Å². The lowest BCUT2D eigenvalue weighted by Crippen LogP contribution is -2.17. The molecule has 0 spiro atoms. The smallest absolute Gasteiger partial charge is 0.287 e. The molecule has 0 saturated heterocycles. The number of nitrogens with one attached hydrogen (secondary N) is 2. The van der Waals surface area contributed by atoms with E-state index in [1.165, 1.54) is 0 Å². The van der Waals surface area contributed by atoms with Crippen LogP contribution in [0.1, 0.15) is 21.6 Å². The predicted molar refractivity (Wildman–Crippen MR) is 93.1 cm³/mol. The third kappa shape index (κ3) is 4.33. The summed E-state index contributed by atoms with van der Waals surface area (Å²) in [6.45, 7) is 0.505. The van der Waals surface area contributed by atoms with Gasteiger partial charge >= 0.3 is 0 Å². The first-order valence-electron chi connectivity index (χ1n) is 7.55. The number of hydrogen-bond donors (Lipinski definition) is 2. The van der Waals surface area contributed by atoms with Gasteiger partial charge in [0.2, 0.25) is 0 Å². The zero-order valence-corrected chi connectivity index (χ0v) is 13.0. The van der Waals surface area contributed by atoms with E-state index < -0.39 is 0 Å². The van der Waals surface area contributed by atoms with Crippen LogP contribution >= 0.6 is 0 Å². The third-order valence-corrected chi connectivity index (χ3v) is 3.33. The Balaban J connectivity index is 1.56. The summed E-state index contributed by atoms with van der Waals surface area (Å²) < 4.78 is 5.77. The number of hydrogen-bond acceptors (Lipinski definition) is 3. The van der Waals surface area contributed by atoms with Crippen LogP contribution in [-0.4, -0.2) is 17.1 Å². The van der Waals surface area contributed by atoms with Gasteiger partial charge in [-0.25, -0.2) is 5.43 Å². The molecule has 3 aromatic rings. The first-order chi connectivity index (χ1) is 11.8. The van der Waals surface area contributed by atoms with E-state index in [-0.39, 0.29) is 5.91 Å². The average Bonchev–Trinajstić information content (AvgIpc) is 3.16. The number of carbonyl (C=O) groups is 1. The molecule has 0 bridgehead atoms. The molecule has 0 unspecified atom stereocenters. The number of carbonyl (C=O) groups excluding carboxylic acids is 1. The number of nitrogens with zero attached hydrogens (tertiary/aromatic N) is 1. The van der Waals surface area contributed by atoms with Crippen LogP contribution in [-0.2, 0) is 6.61 Å². The van der Waals surface area contributed by atoms with Gasteiger partial charge < -0.3 is 9.72 Å². The van der Waals surface area contributed by atoms with Crippen LogP contribution in [0.2, 0.25) is 0 Å². The summed E-state index contributed by atoms with van der Waals surface area (Å²) in [5.74, 6) is 0.464. The van der Waals surface area contributed by atoms with Crippen molar-refractivity contribution in [2.24, 2.45) is 5.10 Å². The van der Waals surface area contributed by atoms with E-state index in [4.69, 9.17) is 4.74 Å². The third-order valence-electron chi connectivity index (χ3n) is 3.33. The summed E-state index contributed by atoms with van der Waals surface area (Å²) in [6, 6.07) is 20.9. The highest BCUT2D eigenvalue weighted by Gasteiger charge is 2.03. The summed E-state index contributed by atoms with van der Waals surface area (Å²) in [7, 11) is 0. The molecule has 0 saturated carbocycles. The lowest BCUT2D eigenvalue weighted by atomic mass is 10.2. The normalized spacial score (nSPS) is 10.7. The number of H-pyrrole nitrogens is 1. The minimum Gasteiger partial charge on any atom is -0.489 e. The van der Waals surface area contributed by atoms with E-state index in [1.807, 2.05) is 54.6 Å². The summed E-state index contributed by atoms with van der Waals surface area (Å²) in [5, 5.41) is 3.96. The molecule has 0 aliphatic heterocycles. The largest absolute Gasteiger partial charge is 0.489 e. The molecule has 0 atom stereocenters. The fraction of sp³-hybridized carbons (Fsp3) is 0.0526. The van der Waals surface area contributed by atoms with Gasteiger partial charge in [0.15, 0.2) is 0 Å². The van der Waals surface area contributed by atoms with Crippen LogP contribution in [0.4, 0.5) is 0 Å². The Morgan fingerprint density at radius 3 is 2.75 bits per heavy atom. The SMILES string of the molecule is O=C(N/N=C\c1cccc(OCc2ccccc2)c1)c1ccc[nH]1. The molecule has 2 N–H and O–H groups in total. The molecule has 2 aromatic carbocycles. The quantitative estimate of drug-likeness (QED) is 0.540. The van der Waals surface area contributed by atoms with Gasteiger partial charge in [0.1, 0.15) is 18.1 Å². The zero-order chi connectivity index (χ0) is 16.6. The van der Waals surface area contributed by atoms with Crippen LogP contribution in [0.15, 0.2) is 78.0 Å². The highest BCUT2D eigenvalue weighted by atomic mass is 16.5. The molecule has 0 aliphatic rings. The standard InChI is InChI=1S/C19H17N3O2/c23-19(18-10-5-11-20-18)22-21-13-16-8-4-9-17(12-16)24-14-15-6-2-1-3-7-15/h1-13,20H,14H2,(H,22,23)/b21-13-. The molecule has 5 heteroatoms. The Kier molecular flexibility index (Phi) is 5.04. The first kappa shape index (κ1) is 15.6. The fourth-order valence-electron chi connectivity index (χ4n) is 2.12. The molecular formula is C19H17N3O2. The van der Waals surface area contributed by atoms with Gasteiger partial charge in [0.25, 0.3) is 5.91 Å². The number of hydrazone groups is 1. The molecular weight excluding hydrogens is 302 g/mol. The van der Waals surface area contributed by atoms with Crippen LogP contribution in [0.3, 0.4) is 0 Å². The maximum absolute atomic E-state index is 11.7. The van der Waals surface area contributed by atoms with Gasteiger partial charge in [-0.2, -0.15) is 5.10 Å². The number of amides is 1. The van der Waals surface area contributed by atoms with Crippen molar-refractivity contribution in [1.29, 1.82) is 0 Å². The van der Waals surface area contributed by atoms with Gasteiger partial charge in [-0.15, -0.1) is 0 Å². The van der Waals surface area contributed by atoms with Crippen LogP contribution in [0.25, 0.3) is 0 Å². The highest BCUT2D eigenvalue weighted by Crippen LogP contribution is 2.14. The van der Waals surface area contributed by atoms with E-state index in [0.29, 0.717) is 12.3 Å². The van der Waals surface area contributed by atoms with E-state index in [9.17, 15) is 4.79 Å². The second-order valence-electron chi connectivity index (χ2n) is 5.13. The van der Waals surface area contributed by atoms with Crippen molar-refractivity contribution in [1.82, 2.24) is 10.4 Å². The molecule has 0 radical (unpaired) electrons. The van der Waals surface area contributed by atoms with Gasteiger partial charge in [-0.1, -0.05) is 42.5 Å². The number of ether oxygens (including phenoxy) is 1. The maximum Gasteiger partial charge on any atom is 0.287 e.